The summed E-state index contributed by atoms with van der Waals surface area (Å²) in [7, 11) is 1.61. The van der Waals surface area contributed by atoms with Crippen LogP contribution in [0.2, 0.25) is 0 Å². The first kappa shape index (κ1) is 56.2. The van der Waals surface area contributed by atoms with Gasteiger partial charge in [0.25, 0.3) is 0 Å². The number of nitrogens with zero attached hydrogens (tertiary/aromatic N) is 1. The van der Waals surface area contributed by atoms with E-state index in [9.17, 15) is 14.3 Å². The maximum atomic E-state index is 12.7. The number of allylic oxidation sites excluding steroid dienone is 18. The average molecular weight is 843 g/mol. The lowest BCUT2D eigenvalue weighted by molar-refractivity contribution is -0.870. The molecule has 0 radical (unpaired) electrons. The minimum atomic E-state index is -4.30. The number of phosphoric acid groups is 1. The van der Waals surface area contributed by atoms with Gasteiger partial charge >= 0.3 is 13.8 Å². The smallest absolute Gasteiger partial charge is 0.457 e. The van der Waals surface area contributed by atoms with Gasteiger partial charge in [-0.15, -0.1) is 0 Å². The van der Waals surface area contributed by atoms with Crippen LogP contribution in [0.15, 0.2) is 109 Å². The Morgan fingerprint density at radius 2 is 0.983 bits per heavy atom. The SMILES string of the molecule is CC/C=C\C/C=C\C/C=C\C/C=C\C/C=C\C/C=C\C/C=C\CCCCOCC(COP(=O)(O)OCC[N+](C)(C)C)OC(=O)CCCCCCC/C=C\C/C=C\CCC. The van der Waals surface area contributed by atoms with Crippen LogP contribution in [0.25, 0.3) is 0 Å². The lowest BCUT2D eigenvalue weighted by Gasteiger charge is -2.24. The van der Waals surface area contributed by atoms with Crippen molar-refractivity contribution in [2.24, 2.45) is 0 Å². The van der Waals surface area contributed by atoms with Gasteiger partial charge < -0.3 is 18.9 Å². The second-order valence-corrected chi connectivity index (χ2v) is 17.1. The van der Waals surface area contributed by atoms with Crippen LogP contribution in [0.1, 0.15) is 142 Å². The van der Waals surface area contributed by atoms with Crippen LogP contribution in [0.3, 0.4) is 0 Å². The number of carbonyl (C=O) groups excluding carboxylic acids is 1. The van der Waals surface area contributed by atoms with Gasteiger partial charge in [0, 0.05) is 13.0 Å². The monoisotopic (exact) mass is 843 g/mol. The highest BCUT2D eigenvalue weighted by atomic mass is 31.2. The first-order chi connectivity index (χ1) is 28.6. The van der Waals surface area contributed by atoms with Crippen LogP contribution >= 0.6 is 7.82 Å². The fourth-order valence-electron chi connectivity index (χ4n) is 5.33. The second-order valence-electron chi connectivity index (χ2n) is 15.7. The lowest BCUT2D eigenvalue weighted by Crippen LogP contribution is -2.37. The van der Waals surface area contributed by atoms with Crippen LogP contribution in [0, 0.1) is 0 Å². The zero-order chi connectivity index (χ0) is 43.4. The highest BCUT2D eigenvalue weighted by molar-refractivity contribution is 7.47. The van der Waals surface area contributed by atoms with E-state index in [1.54, 1.807) is 0 Å². The van der Waals surface area contributed by atoms with Gasteiger partial charge in [0.05, 0.1) is 34.4 Å². The number of ether oxygens (including phenoxy) is 2. The van der Waals surface area contributed by atoms with Crippen LogP contribution in [0.5, 0.6) is 0 Å². The third kappa shape index (κ3) is 46.1. The molecule has 0 amide bonds. The van der Waals surface area contributed by atoms with Gasteiger partial charge in [-0.25, -0.2) is 4.57 Å². The molecule has 0 aromatic heterocycles. The minimum Gasteiger partial charge on any atom is -0.457 e. The van der Waals surface area contributed by atoms with E-state index in [4.69, 9.17) is 18.5 Å². The fourth-order valence-corrected chi connectivity index (χ4v) is 6.07. The lowest BCUT2D eigenvalue weighted by atomic mass is 10.1. The highest BCUT2D eigenvalue weighted by Gasteiger charge is 2.26. The number of quaternary nitrogens is 1. The first-order valence-electron chi connectivity index (χ1n) is 22.6. The molecule has 9 heteroatoms. The van der Waals surface area contributed by atoms with Crippen molar-refractivity contribution in [2.45, 2.75) is 148 Å². The van der Waals surface area contributed by atoms with E-state index in [1.165, 1.54) is 6.42 Å². The van der Waals surface area contributed by atoms with Crippen molar-refractivity contribution in [2.75, 3.05) is 54.1 Å². The van der Waals surface area contributed by atoms with Gasteiger partial charge in [0.2, 0.25) is 0 Å². The maximum absolute atomic E-state index is 12.7. The molecule has 0 spiro atoms. The Hall–Kier alpha value is -2.84. The molecule has 0 heterocycles. The van der Waals surface area contributed by atoms with Crippen LogP contribution in [-0.4, -0.2) is 75.6 Å². The highest BCUT2D eigenvalue weighted by Crippen LogP contribution is 2.43. The van der Waals surface area contributed by atoms with Crippen molar-refractivity contribution >= 4 is 13.8 Å². The normalized spacial score (nSPS) is 14.7. The Bertz CT molecular complexity index is 1300. The third-order valence-corrected chi connectivity index (χ3v) is 9.78. The maximum Gasteiger partial charge on any atom is 0.472 e. The average Bonchev–Trinajstić information content (AvgIpc) is 3.19. The molecular formula is C50H85NO7P+. The molecule has 0 saturated carbocycles. The molecule has 2 atom stereocenters. The second kappa shape index (κ2) is 41.9. The molecule has 0 rings (SSSR count). The Morgan fingerprint density at radius 1 is 0.542 bits per heavy atom. The summed E-state index contributed by atoms with van der Waals surface area (Å²) in [4.78, 5) is 22.9. The quantitative estimate of drug-likeness (QED) is 0.0216. The predicted octanol–water partition coefficient (Wildman–Crippen LogP) is 13.6. The summed E-state index contributed by atoms with van der Waals surface area (Å²) in [5.41, 5.74) is 0. The molecule has 2 unspecified atom stereocenters. The van der Waals surface area contributed by atoms with E-state index < -0.39 is 13.9 Å². The van der Waals surface area contributed by atoms with Gasteiger partial charge in [-0.2, -0.15) is 0 Å². The Labute approximate surface area is 361 Å². The zero-order valence-corrected chi connectivity index (χ0v) is 38.8. The number of esters is 1. The standard InChI is InChI=1S/C50H84NO7P/c1-6-8-10-12-14-16-18-20-21-22-23-24-25-26-27-28-29-30-32-34-36-38-40-42-45-55-47-49(48-57-59(53,54)56-46-44-51(3,4)5)58-50(52)43-41-39-37-35-33-31-19-17-15-13-11-9-7-2/h8,10-11,13-14,16-17,19-21,23-24,26-27,29-30,34,36,49H,6-7,9,12,15,18,22,25,28,31-33,35,37-48H2,1-5H3/p+1/b10-8-,13-11-,16-14-,19-17-,21-20-,24-23-,27-26-,30-29-,36-34-. The summed E-state index contributed by atoms with van der Waals surface area (Å²) < 4.78 is 34.9. The molecule has 8 nitrogen and oxygen atoms in total. The summed E-state index contributed by atoms with van der Waals surface area (Å²) >= 11 is 0. The Kier molecular flexibility index (Phi) is 39.9. The number of carbonyl (C=O) groups is 1. The molecule has 336 valence electrons. The summed E-state index contributed by atoms with van der Waals surface area (Å²) in [5, 5.41) is 0. The number of phosphoric ester groups is 1. The topological polar surface area (TPSA) is 91.3 Å². The van der Waals surface area contributed by atoms with E-state index >= 15 is 0 Å². The summed E-state index contributed by atoms with van der Waals surface area (Å²) in [5.74, 6) is -0.350. The molecular weight excluding hydrogens is 758 g/mol. The molecule has 59 heavy (non-hydrogen) atoms. The van der Waals surface area contributed by atoms with Crippen LogP contribution < -0.4 is 0 Å². The van der Waals surface area contributed by atoms with Crippen molar-refractivity contribution < 1.29 is 37.3 Å². The van der Waals surface area contributed by atoms with Crippen LogP contribution in [0.4, 0.5) is 0 Å². The molecule has 0 aliphatic rings. The van der Waals surface area contributed by atoms with Gasteiger partial charge in [0.15, 0.2) is 0 Å². The number of hydrogen-bond donors (Lipinski definition) is 1. The first-order valence-corrected chi connectivity index (χ1v) is 24.1. The van der Waals surface area contributed by atoms with Gasteiger partial charge in [-0.05, 0) is 96.3 Å². The van der Waals surface area contributed by atoms with E-state index in [1.807, 2.05) is 21.1 Å². The Morgan fingerprint density at radius 3 is 1.47 bits per heavy atom. The van der Waals surface area contributed by atoms with Crippen molar-refractivity contribution in [3.8, 4) is 0 Å². The summed E-state index contributed by atoms with van der Waals surface area (Å²) in [6.07, 6.45) is 58.5. The predicted molar refractivity (Wildman–Crippen MR) is 251 cm³/mol. The summed E-state index contributed by atoms with van der Waals surface area (Å²) in [6.45, 7) is 5.26. The van der Waals surface area contributed by atoms with E-state index in [0.29, 0.717) is 24.1 Å². The molecule has 0 aromatic rings. The molecule has 0 fully saturated rings. The molecule has 0 aliphatic heterocycles. The minimum absolute atomic E-state index is 0.0702. The van der Waals surface area contributed by atoms with E-state index in [-0.39, 0.29) is 25.8 Å². The van der Waals surface area contributed by atoms with Gasteiger partial charge in [-0.1, -0.05) is 149 Å². The molecule has 0 aliphatic carbocycles. The van der Waals surface area contributed by atoms with Crippen molar-refractivity contribution in [3.05, 3.63) is 109 Å². The van der Waals surface area contributed by atoms with Gasteiger partial charge in [0.1, 0.15) is 19.3 Å². The van der Waals surface area contributed by atoms with E-state index in [2.05, 4.69) is 123 Å². The number of likely N-dealkylation sites (N-methyl/N-ethyl adjacent to an activating group) is 1. The van der Waals surface area contributed by atoms with Crippen molar-refractivity contribution in [3.63, 3.8) is 0 Å². The molecule has 0 bridgehead atoms. The largest absolute Gasteiger partial charge is 0.472 e. The Balaban J connectivity index is 4.33. The number of rotatable bonds is 40. The van der Waals surface area contributed by atoms with Gasteiger partial charge in [-0.3, -0.25) is 13.8 Å². The zero-order valence-electron chi connectivity index (χ0n) is 37.9. The molecule has 1 N–H and O–H groups in total. The van der Waals surface area contributed by atoms with Crippen LogP contribution in [-0.2, 0) is 27.9 Å². The summed E-state index contributed by atoms with van der Waals surface area (Å²) in [6, 6.07) is 0. The van der Waals surface area contributed by atoms with Crippen molar-refractivity contribution in [1.82, 2.24) is 0 Å². The number of unbranched alkanes of at least 4 members (excludes halogenated alkanes) is 8. The fraction of sp³-hybridized carbons (Fsp3) is 0.620. The van der Waals surface area contributed by atoms with Crippen molar-refractivity contribution in [1.29, 1.82) is 0 Å². The molecule has 0 saturated heterocycles. The molecule has 0 aromatic carbocycles. The number of hydrogen-bond acceptors (Lipinski definition) is 6. The third-order valence-electron chi connectivity index (χ3n) is 8.80. The van der Waals surface area contributed by atoms with E-state index in [0.717, 1.165) is 116 Å².